The number of aromatic nitrogens is 1. The molecule has 0 spiro atoms. The number of amides is 1. The van der Waals surface area contributed by atoms with Crippen LogP contribution in [0.15, 0.2) is 55.3 Å². The lowest BCUT2D eigenvalue weighted by Crippen LogP contribution is -2.19. The Labute approximate surface area is 137 Å². The van der Waals surface area contributed by atoms with Gasteiger partial charge < -0.3 is 10.6 Å². The van der Waals surface area contributed by atoms with Crippen LogP contribution in [0.4, 0.5) is 11.4 Å². The number of para-hydroxylation sites is 1. The summed E-state index contributed by atoms with van der Waals surface area (Å²) in [6.07, 6.45) is 3.41. The summed E-state index contributed by atoms with van der Waals surface area (Å²) in [7, 11) is 0. The average molecular weight is 309 g/mol. The molecule has 2 rings (SSSR count). The van der Waals surface area contributed by atoms with Gasteiger partial charge in [-0.2, -0.15) is 0 Å². The van der Waals surface area contributed by atoms with E-state index in [4.69, 9.17) is 0 Å². The first-order valence-electron chi connectivity index (χ1n) is 7.63. The highest BCUT2D eigenvalue weighted by molar-refractivity contribution is 6.03. The minimum atomic E-state index is -0.211. The maximum absolute atomic E-state index is 12.4. The van der Waals surface area contributed by atoms with Gasteiger partial charge in [0.1, 0.15) is 5.69 Å². The van der Waals surface area contributed by atoms with Crippen LogP contribution in [0.1, 0.15) is 36.8 Å². The van der Waals surface area contributed by atoms with Crippen molar-refractivity contribution in [3.05, 3.63) is 66.5 Å². The lowest BCUT2D eigenvalue weighted by molar-refractivity contribution is 0.102. The monoisotopic (exact) mass is 309 g/mol. The van der Waals surface area contributed by atoms with Gasteiger partial charge in [-0.1, -0.05) is 45.0 Å². The first-order chi connectivity index (χ1) is 10.9. The zero-order valence-corrected chi connectivity index (χ0v) is 13.9. The van der Waals surface area contributed by atoms with E-state index in [-0.39, 0.29) is 11.3 Å². The number of rotatable bonds is 5. The van der Waals surface area contributed by atoms with E-state index in [1.165, 1.54) is 0 Å². The number of carbonyl (C=O) groups is 1. The quantitative estimate of drug-likeness (QED) is 0.813. The van der Waals surface area contributed by atoms with E-state index < -0.39 is 0 Å². The second kappa shape index (κ2) is 7.09. The van der Waals surface area contributed by atoms with Crippen molar-refractivity contribution < 1.29 is 4.79 Å². The van der Waals surface area contributed by atoms with Crippen molar-refractivity contribution in [1.82, 2.24) is 4.98 Å². The van der Waals surface area contributed by atoms with Crippen molar-refractivity contribution in [1.29, 1.82) is 0 Å². The van der Waals surface area contributed by atoms with Crippen molar-refractivity contribution in [3.8, 4) is 0 Å². The molecule has 0 unspecified atom stereocenters. The van der Waals surface area contributed by atoms with Crippen molar-refractivity contribution in [3.63, 3.8) is 0 Å². The molecule has 1 heterocycles. The van der Waals surface area contributed by atoms with Gasteiger partial charge in [0.25, 0.3) is 5.91 Å². The molecule has 0 fully saturated rings. The number of anilines is 2. The van der Waals surface area contributed by atoms with E-state index in [2.05, 4.69) is 43.0 Å². The predicted molar refractivity (Wildman–Crippen MR) is 96.0 cm³/mol. The molecule has 1 aromatic heterocycles. The molecule has 1 amide bonds. The minimum absolute atomic E-state index is 0.0459. The maximum Gasteiger partial charge on any atom is 0.274 e. The third-order valence-electron chi connectivity index (χ3n) is 3.43. The summed E-state index contributed by atoms with van der Waals surface area (Å²) in [4.78, 5) is 16.6. The Morgan fingerprint density at radius 2 is 1.96 bits per heavy atom. The number of pyridine rings is 1. The van der Waals surface area contributed by atoms with Crippen LogP contribution in [0.3, 0.4) is 0 Å². The Balaban J connectivity index is 2.15. The van der Waals surface area contributed by atoms with Crippen LogP contribution in [0, 0.1) is 0 Å². The van der Waals surface area contributed by atoms with Crippen LogP contribution in [-0.4, -0.2) is 17.4 Å². The first kappa shape index (κ1) is 16.7. The van der Waals surface area contributed by atoms with Crippen molar-refractivity contribution >= 4 is 17.3 Å². The lowest BCUT2D eigenvalue weighted by atomic mass is 9.86. The van der Waals surface area contributed by atoms with Crippen LogP contribution in [0.25, 0.3) is 0 Å². The van der Waals surface area contributed by atoms with Gasteiger partial charge >= 0.3 is 0 Å². The fraction of sp³-hybridized carbons (Fsp3) is 0.263. The van der Waals surface area contributed by atoms with Crippen LogP contribution < -0.4 is 10.6 Å². The van der Waals surface area contributed by atoms with E-state index in [0.29, 0.717) is 12.2 Å². The molecule has 0 saturated heterocycles. The fourth-order valence-corrected chi connectivity index (χ4v) is 2.26. The molecule has 2 N–H and O–H groups in total. The first-order valence-corrected chi connectivity index (χ1v) is 7.63. The molecule has 0 atom stereocenters. The highest BCUT2D eigenvalue weighted by Gasteiger charge is 2.19. The Bertz CT molecular complexity index is 685. The molecule has 23 heavy (non-hydrogen) atoms. The topological polar surface area (TPSA) is 54.0 Å². The maximum atomic E-state index is 12.4. The van der Waals surface area contributed by atoms with Gasteiger partial charge in [-0.05, 0) is 29.2 Å². The van der Waals surface area contributed by atoms with Gasteiger partial charge in [0.15, 0.2) is 0 Å². The van der Waals surface area contributed by atoms with E-state index >= 15 is 0 Å². The zero-order chi connectivity index (χ0) is 16.9. The van der Waals surface area contributed by atoms with Crippen molar-refractivity contribution in [2.75, 3.05) is 17.2 Å². The SMILES string of the molecule is C=CCNc1ccc(C(=O)Nc2ccccc2C(C)(C)C)nc1. The van der Waals surface area contributed by atoms with Crippen LogP contribution in [0.5, 0.6) is 0 Å². The normalized spacial score (nSPS) is 10.9. The highest BCUT2D eigenvalue weighted by Crippen LogP contribution is 2.29. The molecule has 0 aliphatic rings. The van der Waals surface area contributed by atoms with E-state index in [0.717, 1.165) is 16.9 Å². The van der Waals surface area contributed by atoms with Crippen molar-refractivity contribution in [2.45, 2.75) is 26.2 Å². The summed E-state index contributed by atoms with van der Waals surface area (Å²) in [5, 5.41) is 6.08. The predicted octanol–water partition coefficient (Wildman–Crippen LogP) is 4.23. The molecule has 0 aliphatic heterocycles. The lowest BCUT2D eigenvalue weighted by Gasteiger charge is -2.22. The molecule has 2 aromatic rings. The number of hydrogen-bond donors (Lipinski definition) is 2. The van der Waals surface area contributed by atoms with Crippen molar-refractivity contribution in [2.24, 2.45) is 0 Å². The molecule has 0 aliphatic carbocycles. The van der Waals surface area contributed by atoms with Crippen LogP contribution >= 0.6 is 0 Å². The number of carbonyl (C=O) groups excluding carboxylic acids is 1. The molecule has 0 radical (unpaired) electrons. The summed E-state index contributed by atoms with van der Waals surface area (Å²) in [6.45, 7) is 10.7. The molecular formula is C19H23N3O. The number of benzene rings is 1. The number of nitrogens with one attached hydrogen (secondary N) is 2. The third-order valence-corrected chi connectivity index (χ3v) is 3.43. The number of nitrogens with zero attached hydrogens (tertiary/aromatic N) is 1. The Morgan fingerprint density at radius 3 is 2.57 bits per heavy atom. The largest absolute Gasteiger partial charge is 0.380 e. The molecule has 120 valence electrons. The summed E-state index contributed by atoms with van der Waals surface area (Å²) in [5.74, 6) is -0.211. The van der Waals surface area contributed by atoms with Gasteiger partial charge in [0.05, 0.1) is 11.9 Å². The minimum Gasteiger partial charge on any atom is -0.380 e. The number of hydrogen-bond acceptors (Lipinski definition) is 3. The Morgan fingerprint density at radius 1 is 1.22 bits per heavy atom. The van der Waals surface area contributed by atoms with Gasteiger partial charge in [-0.25, -0.2) is 4.98 Å². The third kappa shape index (κ3) is 4.42. The molecular weight excluding hydrogens is 286 g/mol. The summed E-state index contributed by atoms with van der Waals surface area (Å²) in [5.41, 5.74) is 3.11. The Kier molecular flexibility index (Phi) is 5.16. The van der Waals surface area contributed by atoms with Gasteiger partial charge in [-0.15, -0.1) is 6.58 Å². The zero-order valence-electron chi connectivity index (χ0n) is 13.9. The van der Waals surface area contributed by atoms with Gasteiger partial charge in [-0.3, -0.25) is 4.79 Å². The van der Waals surface area contributed by atoms with Gasteiger partial charge in [0, 0.05) is 12.2 Å². The fourth-order valence-electron chi connectivity index (χ4n) is 2.26. The van der Waals surface area contributed by atoms with E-state index in [1.54, 1.807) is 18.3 Å². The van der Waals surface area contributed by atoms with Crippen LogP contribution in [0.2, 0.25) is 0 Å². The van der Waals surface area contributed by atoms with E-state index in [1.807, 2.05) is 30.3 Å². The molecule has 4 heteroatoms. The standard InChI is InChI=1S/C19H23N3O/c1-5-12-20-14-10-11-17(21-13-14)18(23)22-16-9-7-6-8-15(16)19(2,3)4/h5-11,13,20H,1,12H2,2-4H3,(H,22,23). The highest BCUT2D eigenvalue weighted by atomic mass is 16.1. The summed E-state index contributed by atoms with van der Waals surface area (Å²) >= 11 is 0. The summed E-state index contributed by atoms with van der Waals surface area (Å²) in [6, 6.07) is 11.4. The van der Waals surface area contributed by atoms with Crippen LogP contribution in [-0.2, 0) is 5.41 Å². The second-order valence-electron chi connectivity index (χ2n) is 6.35. The molecule has 0 saturated carbocycles. The molecule has 0 bridgehead atoms. The second-order valence-corrected chi connectivity index (χ2v) is 6.35. The smallest absolute Gasteiger partial charge is 0.274 e. The van der Waals surface area contributed by atoms with E-state index in [9.17, 15) is 4.79 Å². The average Bonchev–Trinajstić information content (AvgIpc) is 2.53. The Hall–Kier alpha value is -2.62. The van der Waals surface area contributed by atoms with Gasteiger partial charge in [0.2, 0.25) is 0 Å². The molecule has 4 nitrogen and oxygen atoms in total. The molecule has 1 aromatic carbocycles. The summed E-state index contributed by atoms with van der Waals surface area (Å²) < 4.78 is 0.